The van der Waals surface area contributed by atoms with Crippen LogP contribution in [0.1, 0.15) is 6.92 Å². The Hall–Kier alpha value is -1.31. The van der Waals surface area contributed by atoms with Gasteiger partial charge in [0.1, 0.15) is 0 Å². The first-order valence-corrected chi connectivity index (χ1v) is 3.91. The highest BCUT2D eigenvalue weighted by atomic mass is 16.2. The zero-order valence-corrected chi connectivity index (χ0v) is 7.50. The van der Waals surface area contributed by atoms with Gasteiger partial charge in [-0.15, -0.1) is 0 Å². The first-order chi connectivity index (χ1) is 5.66. The van der Waals surface area contributed by atoms with Crippen LogP contribution < -0.4 is 0 Å². The van der Waals surface area contributed by atoms with Crippen molar-refractivity contribution in [2.24, 2.45) is 0 Å². The molecule has 2 heteroatoms. The molecule has 0 N–H and O–H groups in total. The van der Waals surface area contributed by atoms with Crippen molar-refractivity contribution in [2.45, 2.75) is 6.92 Å². The van der Waals surface area contributed by atoms with Crippen LogP contribution >= 0.6 is 0 Å². The molecule has 0 atom stereocenters. The largest absolute Gasteiger partial charge is 0.338 e. The average Bonchev–Trinajstić information content (AvgIpc) is 2.25. The maximum atomic E-state index is 11.4. The highest BCUT2D eigenvalue weighted by Gasteiger charge is 2.22. The van der Waals surface area contributed by atoms with Crippen LogP contribution in [0.3, 0.4) is 0 Å². The summed E-state index contributed by atoms with van der Waals surface area (Å²) in [6, 6.07) is 0. The molecule has 0 aromatic heterocycles. The maximum Gasteiger partial charge on any atom is 0.253 e. The summed E-state index contributed by atoms with van der Waals surface area (Å²) in [4.78, 5) is 13.1. The third-order valence-corrected chi connectivity index (χ3v) is 1.91. The van der Waals surface area contributed by atoms with Crippen molar-refractivity contribution in [1.29, 1.82) is 0 Å². The molecule has 1 aliphatic heterocycles. The number of amides is 1. The van der Waals surface area contributed by atoms with Crippen LogP contribution in [0.2, 0.25) is 0 Å². The number of hydrogen-bond donors (Lipinski definition) is 0. The standard InChI is InChI=1S/C10H13NO/c1-4-5-6-9-8(2)7-11(3)10(9)12/h4-6H,1,7H2,2-3H3/b6-5-. The fourth-order valence-electron chi connectivity index (χ4n) is 1.28. The summed E-state index contributed by atoms with van der Waals surface area (Å²) >= 11 is 0. The monoisotopic (exact) mass is 163 g/mol. The Kier molecular flexibility index (Phi) is 2.48. The molecule has 0 saturated heterocycles. The maximum absolute atomic E-state index is 11.4. The molecule has 12 heavy (non-hydrogen) atoms. The van der Waals surface area contributed by atoms with Gasteiger partial charge < -0.3 is 4.90 Å². The lowest BCUT2D eigenvalue weighted by Gasteiger charge is -2.06. The van der Waals surface area contributed by atoms with Gasteiger partial charge in [0, 0.05) is 19.2 Å². The van der Waals surface area contributed by atoms with E-state index in [-0.39, 0.29) is 5.91 Å². The summed E-state index contributed by atoms with van der Waals surface area (Å²) in [6.07, 6.45) is 5.27. The zero-order chi connectivity index (χ0) is 9.14. The van der Waals surface area contributed by atoms with E-state index in [0.717, 1.165) is 17.7 Å². The Morgan fingerprint density at radius 3 is 2.67 bits per heavy atom. The third kappa shape index (κ3) is 1.47. The van der Waals surface area contributed by atoms with E-state index >= 15 is 0 Å². The van der Waals surface area contributed by atoms with Gasteiger partial charge in [0.05, 0.1) is 0 Å². The van der Waals surface area contributed by atoms with Crippen LogP contribution in [-0.4, -0.2) is 24.4 Å². The quantitative estimate of drug-likeness (QED) is 0.565. The summed E-state index contributed by atoms with van der Waals surface area (Å²) in [5, 5.41) is 0. The summed E-state index contributed by atoms with van der Waals surface area (Å²) in [7, 11) is 1.81. The van der Waals surface area contributed by atoms with Crippen molar-refractivity contribution in [2.75, 3.05) is 13.6 Å². The van der Waals surface area contributed by atoms with Gasteiger partial charge in [0.25, 0.3) is 5.91 Å². The molecule has 0 bridgehead atoms. The summed E-state index contributed by atoms with van der Waals surface area (Å²) in [6.45, 7) is 6.28. The molecule has 1 amide bonds. The predicted molar refractivity (Wildman–Crippen MR) is 49.7 cm³/mol. The first kappa shape index (κ1) is 8.78. The fraction of sp³-hybridized carbons (Fsp3) is 0.300. The minimum absolute atomic E-state index is 0.102. The number of carbonyl (C=O) groups is 1. The van der Waals surface area contributed by atoms with E-state index < -0.39 is 0 Å². The van der Waals surface area contributed by atoms with Gasteiger partial charge in [-0.25, -0.2) is 0 Å². The van der Waals surface area contributed by atoms with E-state index in [0.29, 0.717) is 0 Å². The molecular formula is C10H13NO. The molecule has 2 nitrogen and oxygen atoms in total. The van der Waals surface area contributed by atoms with Crippen LogP contribution in [0.4, 0.5) is 0 Å². The lowest BCUT2D eigenvalue weighted by Crippen LogP contribution is -2.21. The number of likely N-dealkylation sites (N-methyl/N-ethyl adjacent to an activating group) is 1. The number of nitrogens with zero attached hydrogens (tertiary/aromatic N) is 1. The van der Waals surface area contributed by atoms with Crippen molar-refractivity contribution in [1.82, 2.24) is 4.90 Å². The second kappa shape index (κ2) is 3.39. The van der Waals surface area contributed by atoms with E-state index in [2.05, 4.69) is 6.58 Å². The average molecular weight is 163 g/mol. The van der Waals surface area contributed by atoms with Gasteiger partial charge in [0.2, 0.25) is 0 Å². The molecule has 0 spiro atoms. The normalized spacial score (nSPS) is 18.2. The first-order valence-electron chi connectivity index (χ1n) is 3.91. The summed E-state index contributed by atoms with van der Waals surface area (Å²) < 4.78 is 0. The van der Waals surface area contributed by atoms with Gasteiger partial charge in [-0.2, -0.15) is 0 Å². The minimum Gasteiger partial charge on any atom is -0.338 e. The molecule has 1 rings (SSSR count). The second-order valence-corrected chi connectivity index (χ2v) is 2.95. The number of allylic oxidation sites excluding steroid dienone is 2. The Morgan fingerprint density at radius 1 is 1.58 bits per heavy atom. The Bertz CT molecular complexity index is 274. The Morgan fingerprint density at radius 2 is 2.25 bits per heavy atom. The zero-order valence-electron chi connectivity index (χ0n) is 7.50. The number of carbonyl (C=O) groups excluding carboxylic acids is 1. The van der Waals surface area contributed by atoms with Gasteiger partial charge in [0.15, 0.2) is 0 Å². The molecule has 0 radical (unpaired) electrons. The van der Waals surface area contributed by atoms with Crippen LogP contribution in [0.25, 0.3) is 0 Å². The molecule has 1 aliphatic rings. The fourth-order valence-corrected chi connectivity index (χ4v) is 1.28. The van der Waals surface area contributed by atoms with Crippen molar-refractivity contribution >= 4 is 5.91 Å². The van der Waals surface area contributed by atoms with Crippen molar-refractivity contribution in [3.05, 3.63) is 36.0 Å². The molecule has 1 heterocycles. The van der Waals surface area contributed by atoms with E-state index in [1.165, 1.54) is 0 Å². The van der Waals surface area contributed by atoms with E-state index in [9.17, 15) is 4.79 Å². The second-order valence-electron chi connectivity index (χ2n) is 2.95. The van der Waals surface area contributed by atoms with E-state index in [4.69, 9.17) is 0 Å². The smallest absolute Gasteiger partial charge is 0.253 e. The predicted octanol–water partition coefficient (Wildman–Crippen LogP) is 1.52. The molecule has 0 aliphatic carbocycles. The van der Waals surface area contributed by atoms with Crippen molar-refractivity contribution in [3.8, 4) is 0 Å². The van der Waals surface area contributed by atoms with Gasteiger partial charge in [-0.3, -0.25) is 4.79 Å². The summed E-state index contributed by atoms with van der Waals surface area (Å²) in [5.74, 6) is 0.102. The lowest BCUT2D eigenvalue weighted by molar-refractivity contribution is -0.124. The van der Waals surface area contributed by atoms with Gasteiger partial charge in [-0.05, 0) is 18.6 Å². The van der Waals surface area contributed by atoms with Crippen LogP contribution in [0.15, 0.2) is 36.0 Å². The Labute approximate surface area is 72.9 Å². The molecule has 0 aromatic carbocycles. The van der Waals surface area contributed by atoms with E-state index in [1.807, 2.05) is 13.0 Å². The molecule has 0 aromatic rings. The topological polar surface area (TPSA) is 20.3 Å². The Balaban J connectivity index is 2.88. The van der Waals surface area contributed by atoms with Crippen LogP contribution in [0, 0.1) is 0 Å². The SMILES string of the molecule is C=C/C=C\C1=C(C)CN(C)C1=O. The highest BCUT2D eigenvalue weighted by Crippen LogP contribution is 2.17. The van der Waals surface area contributed by atoms with Crippen LogP contribution in [0.5, 0.6) is 0 Å². The molecule has 0 unspecified atom stereocenters. The molecular weight excluding hydrogens is 150 g/mol. The van der Waals surface area contributed by atoms with Gasteiger partial charge in [-0.1, -0.05) is 18.7 Å². The molecule has 0 saturated carbocycles. The molecule has 64 valence electrons. The number of rotatable bonds is 2. The lowest BCUT2D eigenvalue weighted by atomic mass is 10.1. The minimum atomic E-state index is 0.102. The number of hydrogen-bond acceptors (Lipinski definition) is 1. The van der Waals surface area contributed by atoms with Gasteiger partial charge >= 0.3 is 0 Å². The van der Waals surface area contributed by atoms with Crippen molar-refractivity contribution in [3.63, 3.8) is 0 Å². The highest BCUT2D eigenvalue weighted by molar-refractivity contribution is 5.99. The third-order valence-electron chi connectivity index (χ3n) is 1.91. The summed E-state index contributed by atoms with van der Waals surface area (Å²) in [5.41, 5.74) is 1.93. The van der Waals surface area contributed by atoms with Crippen molar-refractivity contribution < 1.29 is 4.79 Å². The molecule has 0 fully saturated rings. The van der Waals surface area contributed by atoms with Crippen LogP contribution in [-0.2, 0) is 4.79 Å². The van der Waals surface area contributed by atoms with E-state index in [1.54, 1.807) is 24.1 Å².